The van der Waals surface area contributed by atoms with Gasteiger partial charge in [0.25, 0.3) is 5.91 Å². The second-order valence-corrected chi connectivity index (χ2v) is 6.95. The number of amides is 1. The van der Waals surface area contributed by atoms with E-state index in [2.05, 4.69) is 29.2 Å². The third-order valence-electron chi connectivity index (χ3n) is 4.96. The number of para-hydroxylation sites is 1. The third kappa shape index (κ3) is 2.71. The lowest BCUT2D eigenvalue weighted by Crippen LogP contribution is -2.52. The van der Waals surface area contributed by atoms with Gasteiger partial charge in [0.2, 0.25) is 0 Å². The Morgan fingerprint density at radius 3 is 2.58 bits per heavy atom. The molecule has 2 aromatic rings. The predicted octanol–water partition coefficient (Wildman–Crippen LogP) is 1.92. The molecule has 0 spiro atoms. The van der Waals surface area contributed by atoms with E-state index in [1.165, 1.54) is 0 Å². The molecule has 6 heteroatoms. The normalized spacial score (nSPS) is 21.9. The van der Waals surface area contributed by atoms with Crippen molar-refractivity contribution < 1.29 is 4.79 Å². The van der Waals surface area contributed by atoms with Crippen LogP contribution in [0.5, 0.6) is 0 Å². The van der Waals surface area contributed by atoms with E-state index >= 15 is 0 Å². The lowest BCUT2D eigenvalue weighted by atomic mass is 10.1. The number of piperazine rings is 1. The Bertz CT molecular complexity index is 737. The molecular formula is C18H23N5O. The van der Waals surface area contributed by atoms with Crippen molar-refractivity contribution in [3.63, 3.8) is 0 Å². The van der Waals surface area contributed by atoms with Gasteiger partial charge in [-0.2, -0.15) is 0 Å². The standard InChI is InChI=1S/C18H23N5O/c1-13-12-21(2)10-11-22(13)18(24)16-17(14-8-9-14)23(20-19-16)15-6-4-3-5-7-15/h3-7,13-14H,8-12H2,1-2H3/t13-/m1/s1. The summed E-state index contributed by atoms with van der Waals surface area (Å²) in [7, 11) is 2.10. The highest BCUT2D eigenvalue weighted by Gasteiger charge is 2.37. The summed E-state index contributed by atoms with van der Waals surface area (Å²) in [6, 6.07) is 10.2. The van der Waals surface area contributed by atoms with Crippen molar-refractivity contribution in [2.45, 2.75) is 31.7 Å². The molecule has 24 heavy (non-hydrogen) atoms. The van der Waals surface area contributed by atoms with Crippen LogP contribution in [0.3, 0.4) is 0 Å². The summed E-state index contributed by atoms with van der Waals surface area (Å²) in [6.07, 6.45) is 2.22. The van der Waals surface area contributed by atoms with Gasteiger partial charge in [-0.15, -0.1) is 5.10 Å². The molecule has 6 nitrogen and oxygen atoms in total. The zero-order chi connectivity index (χ0) is 16.7. The third-order valence-corrected chi connectivity index (χ3v) is 4.96. The Kier molecular flexibility index (Phi) is 3.84. The first-order chi connectivity index (χ1) is 11.6. The molecule has 1 saturated carbocycles. The summed E-state index contributed by atoms with van der Waals surface area (Å²) in [5.41, 5.74) is 2.49. The van der Waals surface area contributed by atoms with Gasteiger partial charge in [0, 0.05) is 31.6 Å². The molecule has 2 heterocycles. The number of hydrogen-bond acceptors (Lipinski definition) is 4. The van der Waals surface area contributed by atoms with Crippen LogP contribution in [0.2, 0.25) is 0 Å². The Morgan fingerprint density at radius 2 is 1.92 bits per heavy atom. The van der Waals surface area contributed by atoms with Gasteiger partial charge in [-0.25, -0.2) is 4.68 Å². The smallest absolute Gasteiger partial charge is 0.276 e. The molecule has 0 bridgehead atoms. The second-order valence-electron chi connectivity index (χ2n) is 6.95. The summed E-state index contributed by atoms with van der Waals surface area (Å²) in [5.74, 6) is 0.432. The fourth-order valence-electron chi connectivity index (χ4n) is 3.50. The Labute approximate surface area is 142 Å². The Balaban J connectivity index is 1.68. The molecule has 1 aromatic heterocycles. The van der Waals surface area contributed by atoms with E-state index in [1.54, 1.807) is 0 Å². The SMILES string of the molecule is C[C@@H]1CN(C)CCN1C(=O)c1nnn(-c2ccccc2)c1C1CC1. The molecule has 0 radical (unpaired) electrons. The van der Waals surface area contributed by atoms with Crippen LogP contribution in [0.4, 0.5) is 0 Å². The number of hydrogen-bond donors (Lipinski definition) is 0. The van der Waals surface area contributed by atoms with E-state index < -0.39 is 0 Å². The van der Waals surface area contributed by atoms with Crippen molar-refractivity contribution in [1.82, 2.24) is 24.8 Å². The van der Waals surface area contributed by atoms with Crippen molar-refractivity contribution >= 4 is 5.91 Å². The first-order valence-electron chi connectivity index (χ1n) is 8.65. The van der Waals surface area contributed by atoms with Crippen LogP contribution in [0, 0.1) is 0 Å². The number of aromatic nitrogens is 3. The summed E-state index contributed by atoms with van der Waals surface area (Å²) >= 11 is 0. The zero-order valence-electron chi connectivity index (χ0n) is 14.2. The summed E-state index contributed by atoms with van der Waals surface area (Å²) in [6.45, 7) is 4.66. The molecule has 1 aromatic carbocycles. The highest BCUT2D eigenvalue weighted by Crippen LogP contribution is 2.42. The van der Waals surface area contributed by atoms with Crippen molar-refractivity contribution in [3.8, 4) is 5.69 Å². The average molecular weight is 325 g/mol. The predicted molar refractivity (Wildman–Crippen MR) is 91.3 cm³/mol. The highest BCUT2D eigenvalue weighted by molar-refractivity contribution is 5.94. The largest absolute Gasteiger partial charge is 0.332 e. The van der Waals surface area contributed by atoms with Gasteiger partial charge in [0.05, 0.1) is 11.4 Å². The quantitative estimate of drug-likeness (QED) is 0.865. The van der Waals surface area contributed by atoms with E-state index in [4.69, 9.17) is 0 Å². The van der Waals surface area contributed by atoms with Crippen molar-refractivity contribution in [1.29, 1.82) is 0 Å². The van der Waals surface area contributed by atoms with Gasteiger partial charge in [-0.05, 0) is 38.9 Å². The van der Waals surface area contributed by atoms with E-state index in [1.807, 2.05) is 39.9 Å². The Hall–Kier alpha value is -2.21. The minimum Gasteiger partial charge on any atom is -0.332 e. The number of rotatable bonds is 3. The van der Waals surface area contributed by atoms with Crippen LogP contribution < -0.4 is 0 Å². The van der Waals surface area contributed by atoms with E-state index in [0.717, 1.165) is 43.9 Å². The fourth-order valence-corrected chi connectivity index (χ4v) is 3.50. The van der Waals surface area contributed by atoms with Crippen LogP contribution in [-0.2, 0) is 0 Å². The molecule has 1 aliphatic heterocycles. The van der Waals surface area contributed by atoms with Crippen LogP contribution in [0.1, 0.15) is 41.9 Å². The van der Waals surface area contributed by atoms with Crippen LogP contribution >= 0.6 is 0 Å². The van der Waals surface area contributed by atoms with Gasteiger partial charge in [-0.1, -0.05) is 23.4 Å². The monoisotopic (exact) mass is 325 g/mol. The van der Waals surface area contributed by atoms with Crippen LogP contribution in [-0.4, -0.2) is 63.4 Å². The Morgan fingerprint density at radius 1 is 1.17 bits per heavy atom. The molecule has 2 fully saturated rings. The van der Waals surface area contributed by atoms with Gasteiger partial charge in [0.15, 0.2) is 5.69 Å². The first-order valence-corrected chi connectivity index (χ1v) is 8.65. The minimum absolute atomic E-state index is 0.0275. The van der Waals surface area contributed by atoms with E-state index in [0.29, 0.717) is 11.6 Å². The van der Waals surface area contributed by atoms with Gasteiger partial charge in [-0.3, -0.25) is 4.79 Å². The lowest BCUT2D eigenvalue weighted by molar-refractivity contribution is 0.0526. The fraction of sp³-hybridized carbons (Fsp3) is 0.500. The molecule has 1 amide bonds. The molecule has 4 rings (SSSR count). The first kappa shape index (κ1) is 15.3. The van der Waals surface area contributed by atoms with Gasteiger partial charge < -0.3 is 9.80 Å². The summed E-state index contributed by atoms with van der Waals surface area (Å²) in [5, 5.41) is 8.60. The summed E-state index contributed by atoms with van der Waals surface area (Å²) < 4.78 is 1.85. The molecule has 1 atom stereocenters. The molecule has 0 unspecified atom stereocenters. The number of benzene rings is 1. The number of nitrogens with zero attached hydrogens (tertiary/aromatic N) is 5. The molecule has 1 aliphatic carbocycles. The van der Waals surface area contributed by atoms with Gasteiger partial charge in [0.1, 0.15) is 0 Å². The number of carbonyl (C=O) groups is 1. The maximum absolute atomic E-state index is 13.1. The number of carbonyl (C=O) groups excluding carboxylic acids is 1. The summed E-state index contributed by atoms with van der Waals surface area (Å²) in [4.78, 5) is 17.3. The molecule has 0 N–H and O–H groups in total. The molecule has 2 aliphatic rings. The van der Waals surface area contributed by atoms with Crippen LogP contribution in [0.25, 0.3) is 5.69 Å². The van der Waals surface area contributed by atoms with Crippen LogP contribution in [0.15, 0.2) is 30.3 Å². The van der Waals surface area contributed by atoms with Crippen molar-refractivity contribution in [3.05, 3.63) is 41.7 Å². The number of likely N-dealkylation sites (N-methyl/N-ethyl adjacent to an activating group) is 1. The average Bonchev–Trinajstić information content (AvgIpc) is 3.33. The second kappa shape index (κ2) is 6.02. The topological polar surface area (TPSA) is 54.3 Å². The zero-order valence-corrected chi connectivity index (χ0v) is 14.2. The minimum atomic E-state index is 0.0275. The van der Waals surface area contributed by atoms with Gasteiger partial charge >= 0.3 is 0 Å². The molecular weight excluding hydrogens is 302 g/mol. The van der Waals surface area contributed by atoms with E-state index in [9.17, 15) is 4.79 Å². The maximum Gasteiger partial charge on any atom is 0.276 e. The maximum atomic E-state index is 13.1. The highest BCUT2D eigenvalue weighted by atomic mass is 16.2. The lowest BCUT2D eigenvalue weighted by Gasteiger charge is -2.37. The molecule has 1 saturated heterocycles. The van der Waals surface area contributed by atoms with Crippen molar-refractivity contribution in [2.24, 2.45) is 0 Å². The van der Waals surface area contributed by atoms with E-state index in [-0.39, 0.29) is 11.9 Å². The van der Waals surface area contributed by atoms with Crippen molar-refractivity contribution in [2.75, 3.05) is 26.7 Å². The molecule has 126 valence electrons.